The van der Waals surface area contributed by atoms with Crippen molar-refractivity contribution in [2.24, 2.45) is 5.73 Å². The van der Waals surface area contributed by atoms with Gasteiger partial charge in [-0.3, -0.25) is 4.90 Å². The Bertz CT molecular complexity index is 447. The molecule has 3 nitrogen and oxygen atoms in total. The summed E-state index contributed by atoms with van der Waals surface area (Å²) in [6, 6.07) is 7.44. The summed E-state index contributed by atoms with van der Waals surface area (Å²) >= 11 is 0. The zero-order chi connectivity index (χ0) is 14.7. The summed E-state index contributed by atoms with van der Waals surface area (Å²) in [4.78, 5) is 2.56. The van der Waals surface area contributed by atoms with Gasteiger partial charge in [0.05, 0.1) is 7.11 Å². The molecule has 0 saturated carbocycles. The van der Waals surface area contributed by atoms with Crippen LogP contribution in [0.25, 0.3) is 0 Å². The second-order valence-corrected chi connectivity index (χ2v) is 5.78. The molecular weight excluding hydrogens is 248 g/mol. The lowest BCUT2D eigenvalue weighted by molar-refractivity contribution is 0.115. The van der Waals surface area contributed by atoms with Gasteiger partial charge in [-0.05, 0) is 56.0 Å². The number of nitrogens with two attached hydrogens (primary N) is 1. The van der Waals surface area contributed by atoms with E-state index in [4.69, 9.17) is 10.5 Å². The van der Waals surface area contributed by atoms with Crippen LogP contribution in [0.5, 0.6) is 5.75 Å². The Kier molecular flexibility index (Phi) is 5.06. The molecule has 20 heavy (non-hydrogen) atoms. The Hall–Kier alpha value is -1.06. The highest BCUT2D eigenvalue weighted by Gasteiger charge is 2.32. The predicted molar refractivity (Wildman–Crippen MR) is 84.2 cm³/mol. The number of rotatable bonds is 5. The maximum Gasteiger partial charge on any atom is 0.119 e. The first-order valence-corrected chi connectivity index (χ1v) is 7.80. The molecule has 3 heteroatoms. The molecule has 1 aromatic rings. The molecule has 112 valence electrons. The molecule has 0 aliphatic heterocycles. The van der Waals surface area contributed by atoms with E-state index in [0.29, 0.717) is 12.1 Å². The van der Waals surface area contributed by atoms with Crippen LogP contribution < -0.4 is 10.5 Å². The van der Waals surface area contributed by atoms with E-state index in [0.717, 1.165) is 25.1 Å². The highest BCUT2D eigenvalue weighted by atomic mass is 16.5. The van der Waals surface area contributed by atoms with Crippen LogP contribution >= 0.6 is 0 Å². The Balaban J connectivity index is 2.27. The fraction of sp³-hybridized carbons (Fsp3) is 0.647. The van der Waals surface area contributed by atoms with E-state index >= 15 is 0 Å². The predicted octanol–water partition coefficient (Wildman–Crippen LogP) is 3.13. The Morgan fingerprint density at radius 2 is 2.15 bits per heavy atom. The standard InChI is InChI=1S/C17H28N2O/c1-5-12(3)19(6-2)16-10-8-13-7-9-14(20-4)11-15(13)17(16)18/h7,9,11-12,16-17H,5-6,8,10,18H2,1-4H3. The third kappa shape index (κ3) is 2.84. The van der Waals surface area contributed by atoms with Gasteiger partial charge in [0.1, 0.15) is 5.75 Å². The molecule has 3 atom stereocenters. The fourth-order valence-corrected chi connectivity index (χ4v) is 3.41. The number of nitrogens with zero attached hydrogens (tertiary/aromatic N) is 1. The first-order valence-electron chi connectivity index (χ1n) is 7.80. The topological polar surface area (TPSA) is 38.5 Å². The van der Waals surface area contributed by atoms with E-state index in [2.05, 4.69) is 37.8 Å². The Labute approximate surface area is 123 Å². The van der Waals surface area contributed by atoms with Gasteiger partial charge >= 0.3 is 0 Å². The van der Waals surface area contributed by atoms with Crippen LogP contribution in [0.2, 0.25) is 0 Å². The molecule has 1 aromatic carbocycles. The van der Waals surface area contributed by atoms with Gasteiger partial charge in [-0.25, -0.2) is 0 Å². The number of hydrogen-bond acceptors (Lipinski definition) is 3. The molecule has 3 unspecified atom stereocenters. The number of hydrogen-bond donors (Lipinski definition) is 1. The first kappa shape index (κ1) is 15.3. The van der Waals surface area contributed by atoms with Crippen molar-refractivity contribution in [2.45, 2.75) is 58.2 Å². The smallest absolute Gasteiger partial charge is 0.119 e. The van der Waals surface area contributed by atoms with Crippen LogP contribution in [-0.4, -0.2) is 30.6 Å². The third-order valence-corrected chi connectivity index (χ3v) is 4.78. The molecule has 2 N–H and O–H groups in total. The monoisotopic (exact) mass is 276 g/mol. The average molecular weight is 276 g/mol. The lowest BCUT2D eigenvalue weighted by Gasteiger charge is -2.42. The van der Waals surface area contributed by atoms with Crippen molar-refractivity contribution in [3.63, 3.8) is 0 Å². The normalized spacial score (nSPS) is 23.5. The van der Waals surface area contributed by atoms with Crippen LogP contribution in [0.4, 0.5) is 0 Å². The van der Waals surface area contributed by atoms with Gasteiger partial charge in [-0.2, -0.15) is 0 Å². The van der Waals surface area contributed by atoms with Crippen molar-refractivity contribution in [3.05, 3.63) is 29.3 Å². The molecule has 0 spiro atoms. The number of aryl methyl sites for hydroxylation is 1. The van der Waals surface area contributed by atoms with Crippen LogP contribution in [0.1, 0.15) is 50.8 Å². The second-order valence-electron chi connectivity index (χ2n) is 5.78. The molecule has 2 rings (SSSR count). The summed E-state index contributed by atoms with van der Waals surface area (Å²) in [5, 5.41) is 0. The zero-order valence-corrected chi connectivity index (χ0v) is 13.2. The molecular formula is C17H28N2O. The van der Waals surface area contributed by atoms with Gasteiger partial charge in [-0.15, -0.1) is 0 Å². The van der Waals surface area contributed by atoms with Gasteiger partial charge in [0.25, 0.3) is 0 Å². The van der Waals surface area contributed by atoms with E-state index in [-0.39, 0.29) is 6.04 Å². The average Bonchev–Trinajstić information content (AvgIpc) is 2.49. The maximum absolute atomic E-state index is 6.59. The quantitative estimate of drug-likeness (QED) is 0.898. The first-order chi connectivity index (χ1) is 9.62. The SMILES string of the molecule is CCC(C)N(CC)C1CCc2ccc(OC)cc2C1N. The van der Waals surface area contributed by atoms with Crippen LogP contribution in [0, 0.1) is 0 Å². The lowest BCUT2D eigenvalue weighted by atomic mass is 9.83. The van der Waals surface area contributed by atoms with Gasteiger partial charge in [-0.1, -0.05) is 19.9 Å². The maximum atomic E-state index is 6.59. The van der Waals surface area contributed by atoms with Crippen molar-refractivity contribution in [2.75, 3.05) is 13.7 Å². The van der Waals surface area contributed by atoms with Crippen LogP contribution in [0.3, 0.4) is 0 Å². The highest BCUT2D eigenvalue weighted by molar-refractivity contribution is 5.40. The molecule has 0 saturated heterocycles. The fourth-order valence-electron chi connectivity index (χ4n) is 3.41. The van der Waals surface area contributed by atoms with Crippen LogP contribution in [0.15, 0.2) is 18.2 Å². The molecule has 1 aliphatic rings. The minimum Gasteiger partial charge on any atom is -0.497 e. The molecule has 0 fully saturated rings. The number of benzene rings is 1. The molecule has 1 aliphatic carbocycles. The van der Waals surface area contributed by atoms with Gasteiger partial charge in [0.2, 0.25) is 0 Å². The molecule has 0 amide bonds. The Morgan fingerprint density at radius 1 is 1.40 bits per heavy atom. The van der Waals surface area contributed by atoms with E-state index < -0.39 is 0 Å². The molecule has 0 heterocycles. The van der Waals surface area contributed by atoms with Crippen molar-refractivity contribution in [3.8, 4) is 5.75 Å². The second kappa shape index (κ2) is 6.59. The van der Waals surface area contributed by atoms with E-state index in [1.807, 2.05) is 6.07 Å². The van der Waals surface area contributed by atoms with Gasteiger partial charge in [0.15, 0.2) is 0 Å². The number of likely N-dealkylation sites (N-methyl/N-ethyl adjacent to an activating group) is 1. The van der Waals surface area contributed by atoms with Crippen molar-refractivity contribution in [1.82, 2.24) is 4.90 Å². The minimum atomic E-state index is 0.0859. The van der Waals surface area contributed by atoms with E-state index in [1.54, 1.807) is 7.11 Å². The van der Waals surface area contributed by atoms with Gasteiger partial charge < -0.3 is 10.5 Å². The van der Waals surface area contributed by atoms with E-state index in [1.165, 1.54) is 17.5 Å². The zero-order valence-electron chi connectivity index (χ0n) is 13.2. The molecule has 0 radical (unpaired) electrons. The third-order valence-electron chi connectivity index (χ3n) is 4.78. The number of methoxy groups -OCH3 is 1. The van der Waals surface area contributed by atoms with Crippen molar-refractivity contribution < 1.29 is 4.74 Å². The summed E-state index contributed by atoms with van der Waals surface area (Å²) in [6.07, 6.45) is 3.44. The molecule has 0 aromatic heterocycles. The summed E-state index contributed by atoms with van der Waals surface area (Å²) in [7, 11) is 1.71. The lowest BCUT2D eigenvalue weighted by Crippen LogP contribution is -2.49. The summed E-state index contributed by atoms with van der Waals surface area (Å²) < 4.78 is 5.35. The summed E-state index contributed by atoms with van der Waals surface area (Å²) in [5.41, 5.74) is 9.24. The summed E-state index contributed by atoms with van der Waals surface area (Å²) in [6.45, 7) is 7.85. The van der Waals surface area contributed by atoms with Crippen molar-refractivity contribution in [1.29, 1.82) is 0 Å². The van der Waals surface area contributed by atoms with E-state index in [9.17, 15) is 0 Å². The Morgan fingerprint density at radius 3 is 2.75 bits per heavy atom. The minimum absolute atomic E-state index is 0.0859. The largest absolute Gasteiger partial charge is 0.497 e. The van der Waals surface area contributed by atoms with Gasteiger partial charge in [0, 0.05) is 18.1 Å². The highest BCUT2D eigenvalue weighted by Crippen LogP contribution is 2.34. The number of fused-ring (bicyclic) bond motifs is 1. The van der Waals surface area contributed by atoms with Crippen molar-refractivity contribution >= 4 is 0 Å². The molecule has 0 bridgehead atoms. The number of ether oxygens (including phenoxy) is 1. The summed E-state index contributed by atoms with van der Waals surface area (Å²) in [5.74, 6) is 0.909. The van der Waals surface area contributed by atoms with Crippen LogP contribution in [-0.2, 0) is 6.42 Å².